The topological polar surface area (TPSA) is 119 Å². The molecule has 2 aliphatic heterocycles. The lowest BCUT2D eigenvalue weighted by molar-refractivity contribution is 0.102. The van der Waals surface area contributed by atoms with E-state index in [1.54, 1.807) is 41.7 Å². The van der Waals surface area contributed by atoms with Crippen molar-refractivity contribution in [1.82, 2.24) is 20.4 Å². The SMILES string of the molecule is O=C(Nc1cnn(C2CCNCC2)c1)c1cccc(N2CC(NC(O)Nc3ccccc3Cl)C=N2)c1. The molecule has 0 spiro atoms. The number of aromatic nitrogens is 2. The summed E-state index contributed by atoms with van der Waals surface area (Å²) in [4.78, 5) is 12.9. The largest absolute Gasteiger partial charge is 0.361 e. The van der Waals surface area contributed by atoms with E-state index in [1.807, 2.05) is 35.1 Å². The molecule has 11 heteroatoms. The molecule has 0 bridgehead atoms. The summed E-state index contributed by atoms with van der Waals surface area (Å²) < 4.78 is 1.94. The molecule has 2 atom stereocenters. The number of aliphatic hydroxyl groups is 1. The second kappa shape index (κ2) is 11.1. The third-order valence-electron chi connectivity index (χ3n) is 6.24. The molecule has 1 fully saturated rings. The zero-order chi connectivity index (χ0) is 24.9. The Morgan fingerprint density at radius 3 is 2.83 bits per heavy atom. The van der Waals surface area contributed by atoms with E-state index in [0.29, 0.717) is 34.5 Å². The Balaban J connectivity index is 1.16. The van der Waals surface area contributed by atoms with Crippen LogP contribution >= 0.6 is 11.6 Å². The highest BCUT2D eigenvalue weighted by Crippen LogP contribution is 2.23. The highest BCUT2D eigenvalue weighted by molar-refractivity contribution is 6.33. The number of para-hydroxylation sites is 1. The van der Waals surface area contributed by atoms with Crippen LogP contribution in [-0.4, -0.2) is 59.0 Å². The predicted octanol–water partition coefficient (Wildman–Crippen LogP) is 2.87. The minimum atomic E-state index is -1.01. The lowest BCUT2D eigenvalue weighted by atomic mass is 10.1. The van der Waals surface area contributed by atoms with Crippen LogP contribution < -0.4 is 26.3 Å². The summed E-state index contributed by atoms with van der Waals surface area (Å²) in [6, 6.07) is 14.6. The highest BCUT2D eigenvalue weighted by Gasteiger charge is 2.22. The first-order valence-corrected chi connectivity index (χ1v) is 12.4. The van der Waals surface area contributed by atoms with Gasteiger partial charge in [-0.2, -0.15) is 10.2 Å². The molecule has 5 N–H and O–H groups in total. The quantitative estimate of drug-likeness (QED) is 0.297. The van der Waals surface area contributed by atoms with Crippen LogP contribution in [0.4, 0.5) is 17.1 Å². The number of amides is 1. The van der Waals surface area contributed by atoms with Crippen molar-refractivity contribution in [2.24, 2.45) is 5.10 Å². The predicted molar refractivity (Wildman–Crippen MR) is 142 cm³/mol. The Morgan fingerprint density at radius 2 is 2.00 bits per heavy atom. The summed E-state index contributed by atoms with van der Waals surface area (Å²) in [6.45, 7) is 2.45. The molecule has 1 amide bonds. The molecule has 1 saturated heterocycles. The minimum absolute atomic E-state index is 0.201. The van der Waals surface area contributed by atoms with Gasteiger partial charge in [0, 0.05) is 18.0 Å². The van der Waals surface area contributed by atoms with Crippen LogP contribution in [0.1, 0.15) is 29.2 Å². The van der Waals surface area contributed by atoms with E-state index in [1.165, 1.54) is 0 Å². The number of aliphatic hydroxyl groups excluding tert-OH is 1. The second-order valence-corrected chi connectivity index (χ2v) is 9.25. The zero-order valence-corrected chi connectivity index (χ0v) is 20.4. The monoisotopic (exact) mass is 508 g/mol. The molecule has 2 unspecified atom stereocenters. The van der Waals surface area contributed by atoms with Gasteiger partial charge in [-0.25, -0.2) is 0 Å². The van der Waals surface area contributed by atoms with Crippen molar-refractivity contribution in [2.75, 3.05) is 35.3 Å². The van der Waals surface area contributed by atoms with E-state index in [4.69, 9.17) is 11.6 Å². The van der Waals surface area contributed by atoms with Crippen molar-refractivity contribution in [1.29, 1.82) is 0 Å². The van der Waals surface area contributed by atoms with Gasteiger partial charge in [-0.3, -0.25) is 19.8 Å². The van der Waals surface area contributed by atoms with Crippen LogP contribution in [0.5, 0.6) is 0 Å². The molecule has 3 aromatic rings. The van der Waals surface area contributed by atoms with Crippen LogP contribution in [0.25, 0.3) is 0 Å². The molecule has 36 heavy (non-hydrogen) atoms. The van der Waals surface area contributed by atoms with Gasteiger partial charge in [-0.1, -0.05) is 29.8 Å². The number of carbonyl (C=O) groups is 1. The molecular formula is C25H29ClN8O2. The van der Waals surface area contributed by atoms with Gasteiger partial charge in [0.15, 0.2) is 6.35 Å². The fraction of sp³-hybridized carbons (Fsp3) is 0.320. The number of hydrogen-bond donors (Lipinski definition) is 5. The Labute approximate surface area is 214 Å². The van der Waals surface area contributed by atoms with Crippen LogP contribution in [-0.2, 0) is 0 Å². The fourth-order valence-corrected chi connectivity index (χ4v) is 4.55. The third kappa shape index (κ3) is 5.85. The first-order chi connectivity index (χ1) is 17.5. The molecular weight excluding hydrogens is 480 g/mol. The number of hydrogen-bond acceptors (Lipinski definition) is 8. The van der Waals surface area contributed by atoms with E-state index in [2.05, 4.69) is 31.5 Å². The van der Waals surface area contributed by atoms with E-state index in [9.17, 15) is 9.90 Å². The summed E-state index contributed by atoms with van der Waals surface area (Å²) >= 11 is 6.14. The van der Waals surface area contributed by atoms with Gasteiger partial charge in [-0.15, -0.1) is 0 Å². The number of hydrazone groups is 1. The standard InChI is InChI=1S/C25H29ClN8O2/c26-22-6-1-2-7-23(22)32-25(36)31-19-14-29-34(16-19)21-5-3-4-17(12-21)24(35)30-18-13-28-33(15-18)20-8-10-27-11-9-20/h1-7,12-15,19-20,25,27,31-32,36H,8-11,16H2,(H,30,35). The summed E-state index contributed by atoms with van der Waals surface area (Å²) in [5.41, 5.74) is 2.61. The molecule has 1 aromatic heterocycles. The number of benzene rings is 2. The van der Waals surface area contributed by atoms with Crippen molar-refractivity contribution >= 4 is 40.8 Å². The van der Waals surface area contributed by atoms with E-state index < -0.39 is 6.35 Å². The van der Waals surface area contributed by atoms with Gasteiger partial charge >= 0.3 is 0 Å². The van der Waals surface area contributed by atoms with Gasteiger partial charge in [0.2, 0.25) is 0 Å². The van der Waals surface area contributed by atoms with Crippen molar-refractivity contribution in [3.05, 3.63) is 71.5 Å². The molecule has 2 aromatic carbocycles. The molecule has 188 valence electrons. The third-order valence-corrected chi connectivity index (χ3v) is 6.57. The van der Waals surface area contributed by atoms with Crippen LogP contribution in [0, 0.1) is 0 Å². The molecule has 0 aliphatic carbocycles. The number of piperidine rings is 1. The van der Waals surface area contributed by atoms with Crippen LogP contribution in [0.15, 0.2) is 66.0 Å². The van der Waals surface area contributed by atoms with Crippen molar-refractivity contribution in [2.45, 2.75) is 31.3 Å². The molecule has 0 radical (unpaired) electrons. The minimum Gasteiger partial charge on any atom is -0.361 e. The molecule has 0 saturated carbocycles. The molecule has 2 aliphatic rings. The number of rotatable bonds is 8. The lowest BCUT2D eigenvalue weighted by Gasteiger charge is -2.22. The molecule has 3 heterocycles. The Morgan fingerprint density at radius 1 is 1.17 bits per heavy atom. The van der Waals surface area contributed by atoms with Crippen molar-refractivity contribution in [3.8, 4) is 0 Å². The second-order valence-electron chi connectivity index (χ2n) is 8.84. The van der Waals surface area contributed by atoms with Gasteiger partial charge in [0.05, 0.1) is 46.9 Å². The maximum Gasteiger partial charge on any atom is 0.255 e. The Hall–Kier alpha value is -3.44. The Bertz CT molecular complexity index is 1230. The highest BCUT2D eigenvalue weighted by atomic mass is 35.5. The fourth-order valence-electron chi connectivity index (χ4n) is 4.36. The Kier molecular flexibility index (Phi) is 7.47. The smallest absolute Gasteiger partial charge is 0.255 e. The number of halogens is 1. The maximum absolute atomic E-state index is 12.9. The van der Waals surface area contributed by atoms with Gasteiger partial charge in [0.25, 0.3) is 5.91 Å². The number of nitrogens with zero attached hydrogens (tertiary/aromatic N) is 4. The summed E-state index contributed by atoms with van der Waals surface area (Å²) in [5, 5.41) is 33.8. The van der Waals surface area contributed by atoms with Crippen molar-refractivity contribution in [3.63, 3.8) is 0 Å². The summed E-state index contributed by atoms with van der Waals surface area (Å²) in [5.74, 6) is -0.209. The van der Waals surface area contributed by atoms with Crippen molar-refractivity contribution < 1.29 is 9.90 Å². The van der Waals surface area contributed by atoms with E-state index >= 15 is 0 Å². The number of nitrogens with one attached hydrogen (secondary N) is 4. The van der Waals surface area contributed by atoms with Crippen LogP contribution in [0.2, 0.25) is 5.02 Å². The van der Waals surface area contributed by atoms with E-state index in [0.717, 1.165) is 31.6 Å². The van der Waals surface area contributed by atoms with Gasteiger partial charge < -0.3 is 21.1 Å². The average molecular weight is 509 g/mol. The average Bonchev–Trinajstić information content (AvgIpc) is 3.56. The van der Waals surface area contributed by atoms with Crippen LogP contribution in [0.3, 0.4) is 0 Å². The first kappa shape index (κ1) is 24.3. The molecule has 5 rings (SSSR count). The summed E-state index contributed by atoms with van der Waals surface area (Å²) in [6.07, 6.45) is 6.34. The van der Waals surface area contributed by atoms with E-state index in [-0.39, 0.29) is 11.9 Å². The van der Waals surface area contributed by atoms with Gasteiger partial charge in [0.1, 0.15) is 0 Å². The number of anilines is 3. The lowest BCUT2D eigenvalue weighted by Crippen LogP contribution is -2.45. The zero-order valence-electron chi connectivity index (χ0n) is 19.6. The summed E-state index contributed by atoms with van der Waals surface area (Å²) in [7, 11) is 0. The maximum atomic E-state index is 12.9. The number of carbonyl (C=O) groups excluding carboxylic acids is 1. The first-order valence-electron chi connectivity index (χ1n) is 12.0. The normalized spacial score (nSPS) is 18.8. The molecule has 10 nitrogen and oxygen atoms in total. The van der Waals surface area contributed by atoms with Gasteiger partial charge in [-0.05, 0) is 56.3 Å².